The van der Waals surface area contributed by atoms with Crippen molar-refractivity contribution >= 4 is 15.9 Å². The maximum Gasteiger partial charge on any atom is 0.0767 e. The molecule has 0 bridgehead atoms. The minimum atomic E-state index is 0.252. The molecule has 0 N–H and O–H groups in total. The topological polar surface area (TPSA) is 44.9 Å². The Bertz CT molecular complexity index is 452. The van der Waals surface area contributed by atoms with E-state index in [0.717, 1.165) is 49.1 Å². The quantitative estimate of drug-likeness (QED) is 0.861. The van der Waals surface area contributed by atoms with Crippen molar-refractivity contribution in [2.75, 3.05) is 13.1 Å². The largest absolute Gasteiger partial charge is 0.297 e. The first-order chi connectivity index (χ1) is 8.65. The summed E-state index contributed by atoms with van der Waals surface area (Å²) in [5, 5.41) is 13.4. The van der Waals surface area contributed by atoms with Crippen LogP contribution in [0.1, 0.15) is 31.2 Å². The van der Waals surface area contributed by atoms with Crippen molar-refractivity contribution in [3.63, 3.8) is 0 Å². The molecule has 4 nitrogen and oxygen atoms in total. The smallest absolute Gasteiger partial charge is 0.0767 e. The Kier molecular flexibility index (Phi) is 4.41. The van der Waals surface area contributed by atoms with Gasteiger partial charge in [-0.3, -0.25) is 9.58 Å². The van der Waals surface area contributed by atoms with Gasteiger partial charge in [-0.2, -0.15) is 10.4 Å². The Morgan fingerprint density at radius 1 is 1.44 bits per heavy atom. The third-order valence-electron chi connectivity index (χ3n) is 3.65. The second-order valence-corrected chi connectivity index (χ2v) is 5.66. The lowest BCUT2D eigenvalue weighted by atomic mass is 9.98. The van der Waals surface area contributed by atoms with E-state index in [1.165, 1.54) is 5.69 Å². The number of halogens is 1. The highest BCUT2D eigenvalue weighted by Crippen LogP contribution is 2.25. The minimum Gasteiger partial charge on any atom is -0.297 e. The number of aromatic nitrogens is 2. The second-order valence-electron chi connectivity index (χ2n) is 4.86. The van der Waals surface area contributed by atoms with E-state index in [-0.39, 0.29) is 5.92 Å². The van der Waals surface area contributed by atoms with E-state index in [4.69, 9.17) is 5.26 Å². The van der Waals surface area contributed by atoms with Crippen LogP contribution < -0.4 is 0 Å². The van der Waals surface area contributed by atoms with E-state index >= 15 is 0 Å². The highest BCUT2D eigenvalue weighted by atomic mass is 79.9. The Morgan fingerprint density at radius 3 is 2.61 bits per heavy atom. The van der Waals surface area contributed by atoms with Crippen LogP contribution in [0.4, 0.5) is 0 Å². The monoisotopic (exact) mass is 310 g/mol. The van der Waals surface area contributed by atoms with Crippen molar-refractivity contribution in [3.05, 3.63) is 15.9 Å². The van der Waals surface area contributed by atoms with Gasteiger partial charge in [-0.1, -0.05) is 6.92 Å². The zero-order valence-corrected chi connectivity index (χ0v) is 12.6. The van der Waals surface area contributed by atoms with E-state index in [1.807, 2.05) is 11.7 Å². The van der Waals surface area contributed by atoms with Gasteiger partial charge in [0, 0.05) is 19.5 Å². The van der Waals surface area contributed by atoms with Gasteiger partial charge >= 0.3 is 0 Å². The van der Waals surface area contributed by atoms with Crippen molar-refractivity contribution < 1.29 is 0 Å². The van der Waals surface area contributed by atoms with Crippen LogP contribution in [0, 0.1) is 17.2 Å². The molecule has 0 spiro atoms. The lowest BCUT2D eigenvalue weighted by molar-refractivity contribution is 0.193. The summed E-state index contributed by atoms with van der Waals surface area (Å²) >= 11 is 3.65. The van der Waals surface area contributed by atoms with Gasteiger partial charge in [0.25, 0.3) is 0 Å². The van der Waals surface area contributed by atoms with E-state index < -0.39 is 0 Å². The molecule has 1 aliphatic rings. The maximum absolute atomic E-state index is 8.90. The highest BCUT2D eigenvalue weighted by molar-refractivity contribution is 9.10. The molecular weight excluding hydrogens is 292 g/mol. The lowest BCUT2D eigenvalue weighted by Gasteiger charge is -2.28. The molecule has 1 saturated heterocycles. The van der Waals surface area contributed by atoms with Crippen LogP contribution in [0.3, 0.4) is 0 Å². The Hall–Kier alpha value is -0.860. The third-order valence-corrected chi connectivity index (χ3v) is 4.56. The molecule has 2 rings (SSSR count). The Balaban J connectivity index is 2.02. The molecule has 0 amide bonds. The van der Waals surface area contributed by atoms with Gasteiger partial charge in [-0.15, -0.1) is 0 Å². The van der Waals surface area contributed by atoms with Gasteiger partial charge in [0.2, 0.25) is 0 Å². The summed E-state index contributed by atoms with van der Waals surface area (Å²) < 4.78 is 3.12. The SMILES string of the molecule is CCc1nn(C)c(CN2CCC(C#N)CC2)c1Br. The van der Waals surface area contributed by atoms with Crippen LogP contribution in [0.15, 0.2) is 4.47 Å². The number of aryl methyl sites for hydroxylation is 2. The van der Waals surface area contributed by atoms with Crippen LogP contribution in [0.5, 0.6) is 0 Å². The van der Waals surface area contributed by atoms with Crippen LogP contribution in [0.25, 0.3) is 0 Å². The first-order valence-electron chi connectivity index (χ1n) is 6.48. The summed E-state index contributed by atoms with van der Waals surface area (Å²) in [6.07, 6.45) is 2.93. The van der Waals surface area contributed by atoms with E-state index in [1.54, 1.807) is 0 Å². The fraction of sp³-hybridized carbons (Fsp3) is 0.692. The molecule has 0 atom stereocenters. The number of hydrogen-bond acceptors (Lipinski definition) is 3. The molecule has 0 radical (unpaired) electrons. The van der Waals surface area contributed by atoms with Gasteiger partial charge in [0.1, 0.15) is 0 Å². The van der Waals surface area contributed by atoms with Gasteiger partial charge < -0.3 is 0 Å². The molecule has 0 aliphatic carbocycles. The maximum atomic E-state index is 8.90. The summed E-state index contributed by atoms with van der Waals surface area (Å²) in [5.74, 6) is 0.252. The zero-order valence-electron chi connectivity index (χ0n) is 11.0. The van der Waals surface area contributed by atoms with E-state index in [2.05, 4.69) is 38.9 Å². The molecule has 1 aromatic rings. The van der Waals surface area contributed by atoms with E-state index in [9.17, 15) is 0 Å². The molecule has 1 aromatic heterocycles. The molecular formula is C13H19BrN4. The summed E-state index contributed by atoms with van der Waals surface area (Å²) in [7, 11) is 2.00. The summed E-state index contributed by atoms with van der Waals surface area (Å²) in [5.41, 5.74) is 2.36. The minimum absolute atomic E-state index is 0.252. The van der Waals surface area contributed by atoms with Crippen molar-refractivity contribution in [1.29, 1.82) is 5.26 Å². The molecule has 1 aliphatic heterocycles. The molecule has 0 saturated carbocycles. The summed E-state index contributed by atoms with van der Waals surface area (Å²) in [6.45, 7) is 5.06. The first-order valence-corrected chi connectivity index (χ1v) is 7.27. The predicted octanol–water partition coefficient (Wildman–Crippen LogP) is 2.48. The standard InChI is InChI=1S/C13H19BrN4/c1-3-11-13(14)12(17(2)16-11)9-18-6-4-10(8-15)5-7-18/h10H,3-7,9H2,1-2H3. The van der Waals surface area contributed by atoms with Gasteiger partial charge in [0.15, 0.2) is 0 Å². The average Bonchev–Trinajstić information content (AvgIpc) is 2.67. The normalized spacial score (nSPS) is 17.9. The first kappa shape index (κ1) is 13.6. The number of nitrogens with zero attached hydrogens (tertiary/aromatic N) is 4. The summed E-state index contributed by atoms with van der Waals surface area (Å²) in [6, 6.07) is 2.37. The fourth-order valence-electron chi connectivity index (χ4n) is 2.42. The van der Waals surface area contributed by atoms with Crippen LogP contribution in [-0.2, 0) is 20.0 Å². The predicted molar refractivity (Wildman–Crippen MR) is 73.9 cm³/mol. The van der Waals surface area contributed by atoms with Crippen molar-refractivity contribution in [3.8, 4) is 6.07 Å². The zero-order chi connectivity index (χ0) is 13.1. The van der Waals surface area contributed by atoms with Gasteiger partial charge in [0.05, 0.1) is 21.9 Å². The molecule has 0 aromatic carbocycles. The van der Waals surface area contributed by atoms with Crippen molar-refractivity contribution in [2.45, 2.75) is 32.7 Å². The number of likely N-dealkylation sites (tertiary alicyclic amines) is 1. The fourth-order valence-corrected chi connectivity index (χ4v) is 3.17. The average molecular weight is 311 g/mol. The number of piperidine rings is 1. The van der Waals surface area contributed by atoms with Crippen LogP contribution in [0.2, 0.25) is 0 Å². The lowest BCUT2D eigenvalue weighted by Crippen LogP contribution is -2.33. The van der Waals surface area contributed by atoms with E-state index in [0.29, 0.717) is 0 Å². The molecule has 5 heteroatoms. The molecule has 1 fully saturated rings. The molecule has 2 heterocycles. The van der Waals surface area contributed by atoms with Crippen molar-refractivity contribution in [2.24, 2.45) is 13.0 Å². The Labute approximate surface area is 117 Å². The van der Waals surface area contributed by atoms with Gasteiger partial charge in [-0.25, -0.2) is 0 Å². The molecule has 0 unspecified atom stereocenters. The summed E-state index contributed by atoms with van der Waals surface area (Å²) in [4.78, 5) is 2.41. The van der Waals surface area contributed by atoms with Gasteiger partial charge in [-0.05, 0) is 48.3 Å². The number of hydrogen-bond donors (Lipinski definition) is 0. The third kappa shape index (κ3) is 2.76. The van der Waals surface area contributed by atoms with Crippen LogP contribution >= 0.6 is 15.9 Å². The second kappa shape index (κ2) is 5.85. The highest BCUT2D eigenvalue weighted by Gasteiger charge is 2.21. The Morgan fingerprint density at radius 2 is 2.11 bits per heavy atom. The molecule has 18 heavy (non-hydrogen) atoms. The molecule has 98 valence electrons. The number of rotatable bonds is 3. The van der Waals surface area contributed by atoms with Crippen molar-refractivity contribution in [1.82, 2.24) is 14.7 Å². The van der Waals surface area contributed by atoms with Crippen LogP contribution in [-0.4, -0.2) is 27.8 Å². The number of nitriles is 1.